The zero-order valence-electron chi connectivity index (χ0n) is 22.7. The van der Waals surface area contributed by atoms with Crippen molar-refractivity contribution in [3.63, 3.8) is 0 Å². The molecule has 1 aliphatic carbocycles. The third kappa shape index (κ3) is 6.49. The van der Waals surface area contributed by atoms with Crippen LogP contribution >= 0.6 is 0 Å². The summed E-state index contributed by atoms with van der Waals surface area (Å²) in [5.41, 5.74) is 4.03. The van der Waals surface area contributed by atoms with Gasteiger partial charge < -0.3 is 10.2 Å². The van der Waals surface area contributed by atoms with Gasteiger partial charge in [-0.05, 0) is 79.5 Å². The molecular formula is C33H38FN3O2. The molecule has 39 heavy (non-hydrogen) atoms. The minimum Gasteiger partial charge on any atom is -0.349 e. The standard InChI is InChI=1S/C33H38FN3O2/c1-24(26-17-19-28(34)20-18-26)35-32(38)31-12-6-5-11-30(31)27-15-13-25(14-16-27)23-37(29-9-3-2-4-10-29)33(39)36-21-7-8-22-36/h2-4,9-10,13-20,24,30-31H,5-8,11-12,21-23H2,1H3,(H,35,38)/t24?,30-,31+/m1/s1. The molecule has 204 valence electrons. The van der Waals surface area contributed by atoms with Crippen LogP contribution in [0.1, 0.15) is 74.1 Å². The van der Waals surface area contributed by atoms with E-state index in [0.29, 0.717) is 6.54 Å². The van der Waals surface area contributed by atoms with Gasteiger partial charge in [0.15, 0.2) is 0 Å². The highest BCUT2D eigenvalue weighted by Crippen LogP contribution is 2.38. The van der Waals surface area contributed by atoms with Crippen molar-refractivity contribution in [3.8, 4) is 0 Å². The summed E-state index contributed by atoms with van der Waals surface area (Å²) in [6.07, 6.45) is 6.11. The maximum absolute atomic E-state index is 13.4. The van der Waals surface area contributed by atoms with Gasteiger partial charge in [0.2, 0.25) is 5.91 Å². The van der Waals surface area contributed by atoms with Gasteiger partial charge in [-0.15, -0.1) is 0 Å². The molecule has 1 aliphatic heterocycles. The van der Waals surface area contributed by atoms with Crippen molar-refractivity contribution in [3.05, 3.63) is 101 Å². The van der Waals surface area contributed by atoms with Crippen molar-refractivity contribution in [1.29, 1.82) is 0 Å². The first kappa shape index (κ1) is 26.9. The minimum atomic E-state index is -0.277. The summed E-state index contributed by atoms with van der Waals surface area (Å²) in [5, 5.41) is 3.17. The van der Waals surface area contributed by atoms with E-state index >= 15 is 0 Å². The van der Waals surface area contributed by atoms with Crippen LogP contribution < -0.4 is 10.2 Å². The molecule has 0 spiro atoms. The van der Waals surface area contributed by atoms with E-state index in [1.54, 1.807) is 12.1 Å². The lowest BCUT2D eigenvalue weighted by atomic mass is 9.74. The van der Waals surface area contributed by atoms with Crippen LogP contribution in [0, 0.1) is 11.7 Å². The van der Waals surface area contributed by atoms with Gasteiger partial charge in [-0.1, -0.05) is 67.4 Å². The van der Waals surface area contributed by atoms with Gasteiger partial charge in [-0.3, -0.25) is 9.69 Å². The molecule has 1 unspecified atom stereocenters. The Morgan fingerprint density at radius 3 is 2.26 bits per heavy atom. The van der Waals surface area contributed by atoms with Crippen LogP contribution in [0.25, 0.3) is 0 Å². The van der Waals surface area contributed by atoms with Crippen molar-refractivity contribution in [2.75, 3.05) is 18.0 Å². The number of nitrogens with one attached hydrogen (secondary N) is 1. The molecule has 1 saturated heterocycles. The molecule has 1 heterocycles. The highest BCUT2D eigenvalue weighted by Gasteiger charge is 2.33. The molecule has 3 amide bonds. The van der Waals surface area contributed by atoms with E-state index in [1.807, 2.05) is 47.1 Å². The lowest BCUT2D eigenvalue weighted by molar-refractivity contribution is -0.127. The fraction of sp³-hybridized carbons (Fsp3) is 0.394. The number of halogens is 1. The SMILES string of the molecule is CC(NC(=O)[C@H]1CCCC[C@@H]1c1ccc(CN(C(=O)N2CCCC2)c2ccccc2)cc1)c1ccc(F)cc1. The molecule has 2 aliphatic rings. The monoisotopic (exact) mass is 527 g/mol. The number of para-hydroxylation sites is 1. The second-order valence-corrected chi connectivity index (χ2v) is 10.9. The first-order valence-corrected chi connectivity index (χ1v) is 14.3. The fourth-order valence-electron chi connectivity index (χ4n) is 6.01. The third-order valence-corrected chi connectivity index (χ3v) is 8.26. The fourth-order valence-corrected chi connectivity index (χ4v) is 6.01. The zero-order valence-corrected chi connectivity index (χ0v) is 22.7. The van der Waals surface area contributed by atoms with Gasteiger partial charge in [-0.25, -0.2) is 9.18 Å². The molecule has 3 aromatic rings. The van der Waals surface area contributed by atoms with Gasteiger partial charge in [0.25, 0.3) is 0 Å². The van der Waals surface area contributed by atoms with Crippen LogP contribution in [0.4, 0.5) is 14.9 Å². The van der Waals surface area contributed by atoms with Gasteiger partial charge in [0, 0.05) is 24.7 Å². The van der Waals surface area contributed by atoms with E-state index in [2.05, 4.69) is 29.6 Å². The summed E-state index contributed by atoms with van der Waals surface area (Å²) in [5.74, 6) is -0.151. The molecular weight excluding hydrogens is 489 g/mol. The summed E-state index contributed by atoms with van der Waals surface area (Å²) >= 11 is 0. The normalized spacial score (nSPS) is 19.9. The quantitative estimate of drug-likeness (QED) is 0.353. The van der Waals surface area contributed by atoms with Crippen LogP contribution in [0.2, 0.25) is 0 Å². The summed E-state index contributed by atoms with van der Waals surface area (Å²) in [6, 6.07) is 24.5. The Labute approximate surface area is 231 Å². The Hall–Kier alpha value is -3.67. The lowest BCUT2D eigenvalue weighted by Gasteiger charge is -2.32. The summed E-state index contributed by atoms with van der Waals surface area (Å²) in [6.45, 7) is 4.07. The smallest absolute Gasteiger partial charge is 0.324 e. The molecule has 0 bridgehead atoms. The molecule has 6 heteroatoms. The number of amides is 3. The Kier molecular flexibility index (Phi) is 8.60. The number of likely N-dealkylation sites (tertiary alicyclic amines) is 1. The van der Waals surface area contributed by atoms with Crippen LogP contribution in [-0.2, 0) is 11.3 Å². The summed E-state index contributed by atoms with van der Waals surface area (Å²) in [7, 11) is 0. The van der Waals surface area contributed by atoms with Crippen LogP contribution in [0.3, 0.4) is 0 Å². The van der Waals surface area contributed by atoms with E-state index < -0.39 is 0 Å². The van der Waals surface area contributed by atoms with Crippen molar-refractivity contribution < 1.29 is 14.0 Å². The topological polar surface area (TPSA) is 52.7 Å². The summed E-state index contributed by atoms with van der Waals surface area (Å²) in [4.78, 5) is 30.6. The van der Waals surface area contributed by atoms with Gasteiger partial charge in [0.05, 0.1) is 12.6 Å². The highest BCUT2D eigenvalue weighted by atomic mass is 19.1. The van der Waals surface area contributed by atoms with E-state index in [1.165, 1.54) is 17.7 Å². The lowest BCUT2D eigenvalue weighted by Crippen LogP contribution is -2.41. The predicted molar refractivity (Wildman–Crippen MR) is 153 cm³/mol. The van der Waals surface area contributed by atoms with Crippen LogP contribution in [0.15, 0.2) is 78.9 Å². The third-order valence-electron chi connectivity index (χ3n) is 8.26. The molecule has 0 aromatic heterocycles. The molecule has 2 fully saturated rings. The maximum Gasteiger partial charge on any atom is 0.324 e. The number of hydrogen-bond donors (Lipinski definition) is 1. The van der Waals surface area contributed by atoms with E-state index in [4.69, 9.17) is 0 Å². The van der Waals surface area contributed by atoms with E-state index in [9.17, 15) is 14.0 Å². The Balaban J connectivity index is 1.29. The van der Waals surface area contributed by atoms with Crippen molar-refractivity contribution in [2.24, 2.45) is 5.92 Å². The van der Waals surface area contributed by atoms with Crippen LogP contribution in [0.5, 0.6) is 0 Å². The average Bonchev–Trinajstić information content (AvgIpc) is 3.52. The number of anilines is 1. The Morgan fingerprint density at radius 1 is 0.897 bits per heavy atom. The highest BCUT2D eigenvalue weighted by molar-refractivity contribution is 5.92. The first-order chi connectivity index (χ1) is 19.0. The van der Waals surface area contributed by atoms with Crippen molar-refractivity contribution >= 4 is 17.6 Å². The molecule has 5 nitrogen and oxygen atoms in total. The summed E-state index contributed by atoms with van der Waals surface area (Å²) < 4.78 is 13.3. The van der Waals surface area contributed by atoms with Gasteiger partial charge in [-0.2, -0.15) is 0 Å². The predicted octanol–water partition coefficient (Wildman–Crippen LogP) is 7.20. The number of benzene rings is 3. The molecule has 0 radical (unpaired) electrons. The largest absolute Gasteiger partial charge is 0.349 e. The molecule has 5 rings (SSSR count). The first-order valence-electron chi connectivity index (χ1n) is 14.3. The second kappa shape index (κ2) is 12.5. The Bertz CT molecular complexity index is 1240. The number of hydrogen-bond acceptors (Lipinski definition) is 2. The van der Waals surface area contributed by atoms with Crippen molar-refractivity contribution in [1.82, 2.24) is 10.2 Å². The van der Waals surface area contributed by atoms with Gasteiger partial charge >= 0.3 is 6.03 Å². The van der Waals surface area contributed by atoms with E-state index in [0.717, 1.165) is 68.4 Å². The average molecular weight is 528 g/mol. The molecule has 1 N–H and O–H groups in total. The zero-order chi connectivity index (χ0) is 27.2. The van der Waals surface area contributed by atoms with E-state index in [-0.39, 0.29) is 35.6 Å². The minimum absolute atomic E-state index is 0.0575. The number of nitrogens with zero attached hydrogens (tertiary/aromatic N) is 2. The number of urea groups is 1. The van der Waals surface area contributed by atoms with Gasteiger partial charge in [0.1, 0.15) is 5.82 Å². The maximum atomic E-state index is 13.4. The van der Waals surface area contributed by atoms with Crippen molar-refractivity contribution in [2.45, 2.75) is 64.0 Å². The molecule has 3 atom stereocenters. The molecule has 3 aromatic carbocycles. The van der Waals surface area contributed by atoms with Crippen LogP contribution in [-0.4, -0.2) is 29.9 Å². The molecule has 1 saturated carbocycles. The number of carbonyl (C=O) groups is 2. The second-order valence-electron chi connectivity index (χ2n) is 10.9. The Morgan fingerprint density at radius 2 is 1.56 bits per heavy atom. The number of rotatable bonds is 7. The number of carbonyl (C=O) groups excluding carboxylic acids is 2.